The molecule has 3 nitrogen and oxygen atoms in total. The van der Waals surface area contributed by atoms with Crippen molar-refractivity contribution in [1.29, 1.82) is 0 Å². The van der Waals surface area contributed by atoms with E-state index in [0.717, 1.165) is 12.8 Å². The van der Waals surface area contributed by atoms with Gasteiger partial charge in [-0.2, -0.15) is 0 Å². The number of rotatable bonds is 5. The summed E-state index contributed by atoms with van der Waals surface area (Å²) in [5, 5.41) is 0. The summed E-state index contributed by atoms with van der Waals surface area (Å²) in [6.07, 6.45) is 1.66. The maximum Gasteiger partial charge on any atom is 0.226 e. The molecule has 3 rings (SSSR count). The maximum absolute atomic E-state index is 13.0. The third-order valence-electron chi connectivity index (χ3n) is 4.31. The fourth-order valence-electron chi connectivity index (χ4n) is 3.02. The second-order valence-electron chi connectivity index (χ2n) is 6.05. The van der Waals surface area contributed by atoms with E-state index in [1.54, 1.807) is 0 Å². The Balaban J connectivity index is 1.76. The molecule has 3 heteroatoms. The fourth-order valence-corrected chi connectivity index (χ4v) is 3.02. The van der Waals surface area contributed by atoms with Crippen molar-refractivity contribution in [2.24, 2.45) is 5.92 Å². The lowest BCUT2D eigenvalue weighted by Crippen LogP contribution is -2.37. The Labute approximate surface area is 137 Å². The van der Waals surface area contributed by atoms with Gasteiger partial charge in [-0.15, -0.1) is 0 Å². The van der Waals surface area contributed by atoms with Gasteiger partial charge in [-0.25, -0.2) is 0 Å². The van der Waals surface area contributed by atoms with Crippen molar-refractivity contribution in [3.63, 3.8) is 0 Å². The van der Waals surface area contributed by atoms with Gasteiger partial charge in [0.2, 0.25) is 5.91 Å². The summed E-state index contributed by atoms with van der Waals surface area (Å²) in [6.45, 7) is 2.71. The average molecular weight is 309 g/mol. The van der Waals surface area contributed by atoms with E-state index in [1.165, 1.54) is 11.1 Å². The molecule has 0 radical (unpaired) electrons. The van der Waals surface area contributed by atoms with Crippen LogP contribution in [0.4, 0.5) is 0 Å². The summed E-state index contributed by atoms with van der Waals surface area (Å²) in [6, 6.07) is 20.4. The highest BCUT2D eigenvalue weighted by Crippen LogP contribution is 2.20. The predicted molar refractivity (Wildman–Crippen MR) is 90.7 cm³/mol. The van der Waals surface area contributed by atoms with Crippen LogP contribution in [0.5, 0.6) is 0 Å². The Bertz CT molecular complexity index is 565. The first-order valence-corrected chi connectivity index (χ1v) is 8.27. The molecule has 1 saturated heterocycles. The molecule has 0 unspecified atom stereocenters. The minimum absolute atomic E-state index is 0.0937. The lowest BCUT2D eigenvalue weighted by atomic mass is 9.98. The van der Waals surface area contributed by atoms with Gasteiger partial charge in [0.25, 0.3) is 0 Å². The van der Waals surface area contributed by atoms with Crippen LogP contribution >= 0.6 is 0 Å². The summed E-state index contributed by atoms with van der Waals surface area (Å²) in [5.41, 5.74) is 2.34. The third kappa shape index (κ3) is 4.42. The number of ether oxygens (including phenoxy) is 1. The van der Waals surface area contributed by atoms with Gasteiger partial charge in [0.05, 0.1) is 0 Å². The van der Waals surface area contributed by atoms with Crippen molar-refractivity contribution in [2.75, 3.05) is 13.2 Å². The van der Waals surface area contributed by atoms with E-state index in [9.17, 15) is 4.79 Å². The van der Waals surface area contributed by atoms with Crippen LogP contribution < -0.4 is 0 Å². The number of carbonyl (C=O) groups excluding carboxylic acids is 1. The molecule has 1 fully saturated rings. The van der Waals surface area contributed by atoms with Gasteiger partial charge >= 0.3 is 0 Å². The van der Waals surface area contributed by atoms with Gasteiger partial charge in [0.1, 0.15) is 0 Å². The van der Waals surface area contributed by atoms with Crippen LogP contribution in [0.3, 0.4) is 0 Å². The Morgan fingerprint density at radius 2 is 1.35 bits per heavy atom. The molecule has 0 bridgehead atoms. The monoisotopic (exact) mass is 309 g/mol. The maximum atomic E-state index is 13.0. The van der Waals surface area contributed by atoms with E-state index in [-0.39, 0.29) is 11.8 Å². The van der Waals surface area contributed by atoms with Crippen LogP contribution in [0.25, 0.3) is 0 Å². The molecule has 0 saturated carbocycles. The highest BCUT2D eigenvalue weighted by Gasteiger charge is 2.26. The third-order valence-corrected chi connectivity index (χ3v) is 4.31. The molecule has 1 aliphatic heterocycles. The van der Waals surface area contributed by atoms with Crippen LogP contribution in [-0.4, -0.2) is 24.0 Å². The number of carbonyl (C=O) groups is 1. The van der Waals surface area contributed by atoms with E-state index < -0.39 is 0 Å². The van der Waals surface area contributed by atoms with E-state index in [1.807, 2.05) is 41.3 Å². The molecule has 2 aromatic rings. The zero-order valence-corrected chi connectivity index (χ0v) is 13.4. The molecule has 0 aromatic heterocycles. The smallest absolute Gasteiger partial charge is 0.226 e. The quantitative estimate of drug-likeness (QED) is 0.844. The minimum atomic E-state index is 0.0937. The van der Waals surface area contributed by atoms with Crippen molar-refractivity contribution in [2.45, 2.75) is 25.9 Å². The fraction of sp³-hybridized carbons (Fsp3) is 0.350. The van der Waals surface area contributed by atoms with Gasteiger partial charge in [-0.1, -0.05) is 60.7 Å². The van der Waals surface area contributed by atoms with Crippen molar-refractivity contribution in [3.8, 4) is 0 Å². The van der Waals surface area contributed by atoms with Gasteiger partial charge in [-0.05, 0) is 24.0 Å². The minimum Gasteiger partial charge on any atom is -0.381 e. The zero-order chi connectivity index (χ0) is 15.9. The lowest BCUT2D eigenvalue weighted by molar-refractivity contribution is -0.139. The van der Waals surface area contributed by atoms with Gasteiger partial charge < -0.3 is 9.64 Å². The number of hydrogen-bond acceptors (Lipinski definition) is 2. The Morgan fingerprint density at radius 3 is 1.83 bits per heavy atom. The van der Waals surface area contributed by atoms with E-state index in [0.29, 0.717) is 26.3 Å². The molecule has 0 aliphatic carbocycles. The van der Waals surface area contributed by atoms with Gasteiger partial charge in [0.15, 0.2) is 0 Å². The van der Waals surface area contributed by atoms with Crippen LogP contribution in [0.1, 0.15) is 24.0 Å². The molecule has 2 aromatic carbocycles. The summed E-state index contributed by atoms with van der Waals surface area (Å²) < 4.78 is 5.40. The van der Waals surface area contributed by atoms with Crippen LogP contribution in [0, 0.1) is 5.92 Å². The van der Waals surface area contributed by atoms with Crippen molar-refractivity contribution >= 4 is 5.91 Å². The number of nitrogens with zero attached hydrogens (tertiary/aromatic N) is 1. The molecular formula is C20H23NO2. The second-order valence-corrected chi connectivity index (χ2v) is 6.05. The molecule has 23 heavy (non-hydrogen) atoms. The molecule has 0 N–H and O–H groups in total. The molecule has 120 valence electrons. The van der Waals surface area contributed by atoms with Crippen molar-refractivity contribution in [1.82, 2.24) is 4.90 Å². The summed E-state index contributed by atoms with van der Waals surface area (Å²) in [4.78, 5) is 15.0. The second kappa shape index (κ2) is 7.93. The normalized spacial score (nSPS) is 15.3. The predicted octanol–water partition coefficient (Wildman–Crippen LogP) is 3.64. The average Bonchev–Trinajstić information content (AvgIpc) is 2.63. The van der Waals surface area contributed by atoms with E-state index >= 15 is 0 Å². The highest BCUT2D eigenvalue weighted by molar-refractivity contribution is 5.79. The largest absolute Gasteiger partial charge is 0.381 e. The number of benzene rings is 2. The Hall–Kier alpha value is -2.13. The first kappa shape index (κ1) is 15.8. The summed E-state index contributed by atoms with van der Waals surface area (Å²) in [7, 11) is 0. The van der Waals surface area contributed by atoms with E-state index in [2.05, 4.69) is 24.3 Å². The number of hydrogen-bond donors (Lipinski definition) is 0. The standard InChI is InChI=1S/C20H23NO2/c22-20(19-11-13-23-14-12-19)21(15-17-7-3-1-4-8-17)16-18-9-5-2-6-10-18/h1-10,19H,11-16H2. The van der Waals surface area contributed by atoms with Crippen LogP contribution in [0.15, 0.2) is 60.7 Å². The molecule has 1 aliphatic rings. The Kier molecular flexibility index (Phi) is 5.43. The SMILES string of the molecule is O=C(C1CCOCC1)N(Cc1ccccc1)Cc1ccccc1. The Morgan fingerprint density at radius 1 is 0.870 bits per heavy atom. The molecule has 0 spiro atoms. The summed E-state index contributed by atoms with van der Waals surface area (Å²) >= 11 is 0. The summed E-state index contributed by atoms with van der Waals surface area (Å²) in [5.74, 6) is 0.345. The molecule has 1 heterocycles. The molecule has 0 atom stereocenters. The zero-order valence-electron chi connectivity index (χ0n) is 13.4. The van der Waals surface area contributed by atoms with Crippen LogP contribution in [-0.2, 0) is 22.6 Å². The first-order valence-electron chi connectivity index (χ1n) is 8.27. The van der Waals surface area contributed by atoms with Crippen LogP contribution in [0.2, 0.25) is 0 Å². The molecule has 1 amide bonds. The van der Waals surface area contributed by atoms with Gasteiger partial charge in [0, 0.05) is 32.2 Å². The topological polar surface area (TPSA) is 29.5 Å². The lowest BCUT2D eigenvalue weighted by Gasteiger charge is -2.29. The van der Waals surface area contributed by atoms with Gasteiger partial charge in [-0.3, -0.25) is 4.79 Å². The van der Waals surface area contributed by atoms with E-state index in [4.69, 9.17) is 4.74 Å². The molecular weight excluding hydrogens is 286 g/mol. The van der Waals surface area contributed by atoms with Crippen molar-refractivity contribution in [3.05, 3.63) is 71.8 Å². The number of amides is 1. The highest BCUT2D eigenvalue weighted by atomic mass is 16.5. The van der Waals surface area contributed by atoms with Crippen molar-refractivity contribution < 1.29 is 9.53 Å². The first-order chi connectivity index (χ1) is 11.3.